The molecule has 0 aliphatic heterocycles. The summed E-state index contributed by atoms with van der Waals surface area (Å²) in [6.07, 6.45) is 0. The van der Waals surface area contributed by atoms with E-state index in [0.29, 0.717) is 16.7 Å². The summed E-state index contributed by atoms with van der Waals surface area (Å²) in [4.78, 5) is 13.1. The summed E-state index contributed by atoms with van der Waals surface area (Å²) in [5.41, 5.74) is 3.25. The zero-order valence-electron chi connectivity index (χ0n) is 16.7. The van der Waals surface area contributed by atoms with E-state index in [1.54, 1.807) is 0 Å². The molecule has 156 valence electrons. The van der Waals surface area contributed by atoms with Crippen LogP contribution < -0.4 is 11.2 Å². The number of anilines is 1. The summed E-state index contributed by atoms with van der Waals surface area (Å²) >= 11 is 1.20. The van der Waals surface area contributed by atoms with Gasteiger partial charge in [0, 0.05) is 11.3 Å². The van der Waals surface area contributed by atoms with Crippen LogP contribution >= 0.6 is 11.8 Å². The number of thioether (sulfide) groups is 1. The van der Waals surface area contributed by atoms with E-state index in [1.165, 1.54) is 40.7 Å². The maximum absolute atomic E-state index is 13.2. The number of aromatic nitrogens is 3. The summed E-state index contributed by atoms with van der Waals surface area (Å²) in [5, 5.41) is 11.0. The van der Waals surface area contributed by atoms with Crippen molar-refractivity contribution in [3.63, 3.8) is 0 Å². The second-order valence-corrected chi connectivity index (χ2v) is 8.02. The third kappa shape index (κ3) is 4.75. The lowest BCUT2D eigenvalue weighted by Crippen LogP contribution is -2.20. The standard InChI is InChI=1S/C23H20FN5OS/c1-15-7-9-17(10-8-15)21-27-28-23(29(21)25)31-20(16-5-3-2-4-6-16)22(30)26-19-13-11-18(24)12-14-19/h2-14,20H,25H2,1H3,(H,26,30)/t20-/m0/s1. The zero-order chi connectivity index (χ0) is 21.8. The van der Waals surface area contributed by atoms with Gasteiger partial charge in [-0.3, -0.25) is 4.79 Å². The molecule has 0 spiro atoms. The molecule has 0 aliphatic rings. The Bertz CT molecular complexity index is 1180. The number of amides is 1. The number of carbonyl (C=O) groups is 1. The number of nitrogen functional groups attached to an aromatic ring is 1. The number of hydrogen-bond acceptors (Lipinski definition) is 5. The van der Waals surface area contributed by atoms with Gasteiger partial charge < -0.3 is 11.2 Å². The first kappa shape index (κ1) is 20.6. The fourth-order valence-electron chi connectivity index (χ4n) is 3.00. The predicted octanol–water partition coefficient (Wildman–Crippen LogP) is 4.58. The number of nitrogens with two attached hydrogens (primary N) is 1. The van der Waals surface area contributed by atoms with Gasteiger partial charge in [0.05, 0.1) is 0 Å². The van der Waals surface area contributed by atoms with Crippen LogP contribution in [0.3, 0.4) is 0 Å². The third-order valence-electron chi connectivity index (χ3n) is 4.65. The molecular formula is C23H20FN5OS. The minimum absolute atomic E-state index is 0.275. The van der Waals surface area contributed by atoms with Crippen LogP contribution in [0.1, 0.15) is 16.4 Å². The Morgan fingerprint density at radius 2 is 1.68 bits per heavy atom. The van der Waals surface area contributed by atoms with Gasteiger partial charge in [0.25, 0.3) is 0 Å². The molecule has 31 heavy (non-hydrogen) atoms. The minimum atomic E-state index is -0.636. The average Bonchev–Trinajstić information content (AvgIpc) is 3.15. The molecular weight excluding hydrogens is 413 g/mol. The lowest BCUT2D eigenvalue weighted by atomic mass is 10.1. The number of nitrogens with one attached hydrogen (secondary N) is 1. The van der Waals surface area contributed by atoms with Crippen LogP contribution in [0.25, 0.3) is 11.4 Å². The zero-order valence-corrected chi connectivity index (χ0v) is 17.5. The molecule has 3 aromatic carbocycles. The molecule has 0 unspecified atom stereocenters. The number of carbonyl (C=O) groups excluding carboxylic acids is 1. The van der Waals surface area contributed by atoms with Crippen LogP contribution in [0, 0.1) is 12.7 Å². The molecule has 8 heteroatoms. The number of nitrogens with zero attached hydrogens (tertiary/aromatic N) is 3. The lowest BCUT2D eigenvalue weighted by Gasteiger charge is -2.16. The first-order valence-electron chi connectivity index (χ1n) is 9.57. The number of hydrogen-bond donors (Lipinski definition) is 2. The number of aryl methyl sites for hydroxylation is 1. The molecule has 1 amide bonds. The molecule has 6 nitrogen and oxygen atoms in total. The predicted molar refractivity (Wildman–Crippen MR) is 120 cm³/mol. The van der Waals surface area contributed by atoms with E-state index in [1.807, 2.05) is 61.5 Å². The van der Waals surface area contributed by atoms with Crippen LogP contribution in [0.2, 0.25) is 0 Å². The van der Waals surface area contributed by atoms with Crippen LogP contribution in [-0.4, -0.2) is 20.8 Å². The Balaban J connectivity index is 1.62. The molecule has 0 saturated heterocycles. The van der Waals surface area contributed by atoms with Gasteiger partial charge in [-0.2, -0.15) is 0 Å². The number of halogens is 1. The summed E-state index contributed by atoms with van der Waals surface area (Å²) in [7, 11) is 0. The van der Waals surface area contributed by atoms with E-state index in [2.05, 4.69) is 15.5 Å². The summed E-state index contributed by atoms with van der Waals surface area (Å²) < 4.78 is 14.6. The number of benzene rings is 3. The van der Waals surface area contributed by atoms with E-state index in [0.717, 1.165) is 16.7 Å². The van der Waals surface area contributed by atoms with Gasteiger partial charge in [0.1, 0.15) is 11.1 Å². The van der Waals surface area contributed by atoms with Crippen LogP contribution in [0.4, 0.5) is 10.1 Å². The van der Waals surface area contributed by atoms with E-state index in [4.69, 9.17) is 5.84 Å². The van der Waals surface area contributed by atoms with Gasteiger partial charge in [-0.1, -0.05) is 71.9 Å². The largest absolute Gasteiger partial charge is 0.335 e. The normalized spacial score (nSPS) is 11.8. The monoisotopic (exact) mass is 433 g/mol. The van der Waals surface area contributed by atoms with Crippen molar-refractivity contribution >= 4 is 23.4 Å². The minimum Gasteiger partial charge on any atom is -0.335 e. The molecule has 1 aromatic heterocycles. The van der Waals surface area contributed by atoms with E-state index in [9.17, 15) is 9.18 Å². The third-order valence-corrected chi connectivity index (χ3v) is 5.86. The van der Waals surface area contributed by atoms with Crippen LogP contribution in [0.15, 0.2) is 84.0 Å². The average molecular weight is 434 g/mol. The smallest absolute Gasteiger partial charge is 0.242 e. The summed E-state index contributed by atoms with van der Waals surface area (Å²) in [5.74, 6) is 6.13. The Morgan fingerprint density at radius 1 is 1.00 bits per heavy atom. The van der Waals surface area contributed by atoms with Crippen molar-refractivity contribution in [3.05, 3.63) is 95.8 Å². The SMILES string of the molecule is Cc1ccc(-c2nnc(S[C@H](C(=O)Nc3ccc(F)cc3)c3ccccc3)n2N)cc1. The van der Waals surface area contributed by atoms with E-state index >= 15 is 0 Å². The quantitative estimate of drug-likeness (QED) is 0.343. The second kappa shape index (κ2) is 9.01. The highest BCUT2D eigenvalue weighted by Gasteiger charge is 2.25. The molecule has 4 aromatic rings. The van der Waals surface area contributed by atoms with Crippen molar-refractivity contribution in [2.24, 2.45) is 0 Å². The molecule has 0 bridgehead atoms. The van der Waals surface area contributed by atoms with Crippen molar-refractivity contribution in [3.8, 4) is 11.4 Å². The lowest BCUT2D eigenvalue weighted by molar-refractivity contribution is -0.115. The van der Waals surface area contributed by atoms with Crippen molar-refractivity contribution < 1.29 is 9.18 Å². The van der Waals surface area contributed by atoms with Crippen molar-refractivity contribution in [2.75, 3.05) is 11.2 Å². The molecule has 1 atom stereocenters. The Morgan fingerprint density at radius 3 is 2.35 bits per heavy atom. The van der Waals surface area contributed by atoms with Gasteiger partial charge >= 0.3 is 0 Å². The Labute approximate surface area is 183 Å². The molecule has 3 N–H and O–H groups in total. The number of rotatable bonds is 6. The maximum Gasteiger partial charge on any atom is 0.242 e. The van der Waals surface area contributed by atoms with Gasteiger partial charge in [0.15, 0.2) is 5.82 Å². The van der Waals surface area contributed by atoms with Crippen molar-refractivity contribution in [1.29, 1.82) is 0 Å². The first-order valence-corrected chi connectivity index (χ1v) is 10.4. The Hall–Kier alpha value is -3.65. The maximum atomic E-state index is 13.2. The van der Waals surface area contributed by atoms with Crippen molar-refractivity contribution in [1.82, 2.24) is 14.9 Å². The van der Waals surface area contributed by atoms with E-state index < -0.39 is 5.25 Å². The second-order valence-electron chi connectivity index (χ2n) is 6.95. The molecule has 0 aliphatic carbocycles. The van der Waals surface area contributed by atoms with Gasteiger partial charge in [-0.25, -0.2) is 9.07 Å². The molecule has 1 heterocycles. The Kier molecular flexibility index (Phi) is 5.99. The highest BCUT2D eigenvalue weighted by molar-refractivity contribution is 8.00. The van der Waals surface area contributed by atoms with Gasteiger partial charge in [-0.05, 0) is 36.8 Å². The fourth-order valence-corrected chi connectivity index (χ4v) is 3.96. The topological polar surface area (TPSA) is 85.8 Å². The fraction of sp³-hybridized carbons (Fsp3) is 0.0870. The molecule has 4 rings (SSSR count). The van der Waals surface area contributed by atoms with Crippen molar-refractivity contribution in [2.45, 2.75) is 17.3 Å². The molecule has 0 fully saturated rings. The molecule has 0 saturated carbocycles. The van der Waals surface area contributed by atoms with Gasteiger partial charge in [-0.15, -0.1) is 10.2 Å². The first-order chi connectivity index (χ1) is 15.0. The van der Waals surface area contributed by atoms with Crippen LogP contribution in [-0.2, 0) is 4.79 Å². The van der Waals surface area contributed by atoms with E-state index in [-0.39, 0.29) is 11.7 Å². The highest BCUT2D eigenvalue weighted by atomic mass is 32.2. The summed E-state index contributed by atoms with van der Waals surface area (Å²) in [6, 6.07) is 22.7. The van der Waals surface area contributed by atoms with Crippen LogP contribution in [0.5, 0.6) is 0 Å². The highest BCUT2D eigenvalue weighted by Crippen LogP contribution is 2.36. The molecule has 0 radical (unpaired) electrons. The van der Waals surface area contributed by atoms with Gasteiger partial charge in [0.2, 0.25) is 11.1 Å². The summed E-state index contributed by atoms with van der Waals surface area (Å²) in [6.45, 7) is 2.00.